The molecule has 1 aromatic rings. The van der Waals surface area contributed by atoms with Crippen molar-refractivity contribution in [3.8, 4) is 0 Å². The molecule has 17 heavy (non-hydrogen) atoms. The Morgan fingerprint density at radius 3 is 2.18 bits per heavy atom. The number of nitrogens with zero attached hydrogens (tertiary/aromatic N) is 1. The van der Waals surface area contributed by atoms with Gasteiger partial charge in [0.2, 0.25) is 5.69 Å². The fraction of sp³-hybridized carbons (Fsp3) is 0.571. The van der Waals surface area contributed by atoms with Crippen LogP contribution in [0.2, 0.25) is 0 Å². The molecule has 94 valence electrons. The van der Waals surface area contributed by atoms with E-state index in [2.05, 4.69) is 32.7 Å². The molecule has 0 spiro atoms. The van der Waals surface area contributed by atoms with Crippen LogP contribution in [0, 0.1) is 4.91 Å². The predicted octanol–water partition coefficient (Wildman–Crippen LogP) is 4.24. The van der Waals surface area contributed by atoms with Gasteiger partial charge in [0.25, 0.3) is 0 Å². The van der Waals surface area contributed by atoms with Gasteiger partial charge in [0, 0.05) is 17.0 Å². The Morgan fingerprint density at radius 2 is 1.65 bits per heavy atom. The molecular weight excluding hydrogens is 230 g/mol. The van der Waals surface area contributed by atoms with Crippen LogP contribution in [0.5, 0.6) is 0 Å². The monoisotopic (exact) mass is 251 g/mol. The highest BCUT2D eigenvalue weighted by Gasteiger charge is 2.08. The first-order valence-corrected chi connectivity index (χ1v) is 6.81. The summed E-state index contributed by atoms with van der Waals surface area (Å²) >= 11 is 4.63. The van der Waals surface area contributed by atoms with Crippen molar-refractivity contribution in [3.63, 3.8) is 0 Å². The maximum Gasteiger partial charge on any atom is 0.238 e. The lowest BCUT2D eigenvalue weighted by Gasteiger charge is -2.09. The van der Waals surface area contributed by atoms with Gasteiger partial charge in [-0.05, 0) is 36.8 Å². The van der Waals surface area contributed by atoms with Gasteiger partial charge >= 0.3 is 0 Å². The second kappa shape index (κ2) is 7.38. The quantitative estimate of drug-likeness (QED) is 0.533. The van der Waals surface area contributed by atoms with Gasteiger partial charge in [0.1, 0.15) is 0 Å². The highest BCUT2D eigenvalue weighted by Crippen LogP contribution is 2.21. The van der Waals surface area contributed by atoms with E-state index in [-0.39, 0.29) is 0 Å². The summed E-state index contributed by atoms with van der Waals surface area (Å²) in [5.41, 5.74) is 3.26. The van der Waals surface area contributed by atoms with Crippen molar-refractivity contribution in [2.45, 2.75) is 52.4 Å². The molecule has 0 aromatic heterocycles. The van der Waals surface area contributed by atoms with Crippen LogP contribution < -0.4 is 0 Å². The second-order valence-corrected chi connectivity index (χ2v) is 4.75. The largest absolute Gasteiger partial charge is 0.364 e. The zero-order valence-electron chi connectivity index (χ0n) is 10.7. The topological polar surface area (TPSA) is 20.1 Å². The first-order valence-electron chi connectivity index (χ1n) is 6.45. The minimum atomic E-state index is 0.527. The summed E-state index contributed by atoms with van der Waals surface area (Å²) in [6, 6.07) is 5.86. The minimum absolute atomic E-state index is 0.527. The second-order valence-electron chi connectivity index (χ2n) is 4.42. The van der Waals surface area contributed by atoms with Gasteiger partial charge in [-0.15, -0.1) is 0 Å². The van der Waals surface area contributed by atoms with Gasteiger partial charge < -0.3 is 12.8 Å². The summed E-state index contributed by atoms with van der Waals surface area (Å²) in [6.07, 6.45) is 6.89. The zero-order chi connectivity index (χ0) is 12.7. The fourth-order valence-electron chi connectivity index (χ4n) is 1.94. The smallest absolute Gasteiger partial charge is 0.238 e. The lowest BCUT2D eigenvalue weighted by molar-refractivity contribution is -0.262. The van der Waals surface area contributed by atoms with Gasteiger partial charge in [0.05, 0.1) is 0 Å². The molecule has 0 aliphatic heterocycles. The molecule has 0 radical (unpaired) electrons. The highest BCUT2D eigenvalue weighted by molar-refractivity contribution is 7.51. The van der Waals surface area contributed by atoms with Gasteiger partial charge in [-0.3, -0.25) is 0 Å². The molecule has 0 amide bonds. The SMILES string of the molecule is CCCCc1ccc([N+](=O)[S-])cc1CCCC. The zero-order valence-corrected chi connectivity index (χ0v) is 11.6. The van der Waals surface area contributed by atoms with E-state index in [1.807, 2.05) is 12.1 Å². The Labute approximate surface area is 110 Å². The molecule has 0 heterocycles. The Kier molecular flexibility index (Phi) is 6.12. The number of unbranched alkanes of at least 4 members (excludes halogenated alkanes) is 2. The number of hydrogen-bond acceptors (Lipinski definition) is 2. The molecule has 0 aliphatic rings. The molecule has 3 heteroatoms. The summed E-state index contributed by atoms with van der Waals surface area (Å²) in [6.45, 7) is 4.38. The number of nitroso groups, excluding NO2 is 1. The molecule has 0 bridgehead atoms. The van der Waals surface area contributed by atoms with E-state index in [9.17, 15) is 4.91 Å². The molecule has 0 saturated carbocycles. The van der Waals surface area contributed by atoms with Crippen molar-refractivity contribution in [2.24, 2.45) is 0 Å². The minimum Gasteiger partial charge on any atom is -0.364 e. The fourth-order valence-corrected chi connectivity index (χ4v) is 2.05. The predicted molar refractivity (Wildman–Crippen MR) is 74.3 cm³/mol. The highest BCUT2D eigenvalue weighted by atomic mass is 32.1. The van der Waals surface area contributed by atoms with E-state index in [4.69, 9.17) is 0 Å². The lowest BCUT2D eigenvalue weighted by Crippen LogP contribution is -1.97. The normalized spacial score (nSPS) is 10.5. The third-order valence-electron chi connectivity index (χ3n) is 3.00. The maximum absolute atomic E-state index is 11.1. The Hall–Kier alpha value is -0.960. The lowest BCUT2D eigenvalue weighted by atomic mass is 9.97. The number of hydrogen-bond donors (Lipinski definition) is 0. The molecule has 1 rings (SSSR count). The molecule has 0 atom stereocenters. The van der Waals surface area contributed by atoms with Crippen LogP contribution >= 0.6 is 0 Å². The molecule has 0 saturated heterocycles. The number of benzene rings is 1. The summed E-state index contributed by atoms with van der Waals surface area (Å²) < 4.78 is 0.527. The summed E-state index contributed by atoms with van der Waals surface area (Å²) in [5, 5.41) is 0. The molecule has 2 nitrogen and oxygen atoms in total. The molecule has 0 unspecified atom stereocenters. The third-order valence-corrected chi connectivity index (χ3v) is 3.21. The van der Waals surface area contributed by atoms with Gasteiger partial charge in [-0.25, -0.2) is 0 Å². The first-order chi connectivity index (χ1) is 8.19. The van der Waals surface area contributed by atoms with Crippen LogP contribution in [-0.4, -0.2) is 4.17 Å². The van der Waals surface area contributed by atoms with Crippen molar-refractivity contribution in [1.29, 1.82) is 0 Å². The van der Waals surface area contributed by atoms with Crippen LogP contribution in [0.4, 0.5) is 5.69 Å². The van der Waals surface area contributed by atoms with E-state index in [1.165, 1.54) is 36.8 Å². The third kappa shape index (κ3) is 4.43. The van der Waals surface area contributed by atoms with Crippen LogP contribution in [-0.2, 0) is 25.7 Å². The van der Waals surface area contributed by atoms with Crippen molar-refractivity contribution in [2.75, 3.05) is 0 Å². The Bertz CT molecular complexity index is 376. The van der Waals surface area contributed by atoms with E-state index >= 15 is 0 Å². The summed E-state index contributed by atoms with van der Waals surface area (Å²) in [4.78, 5) is 11.1. The summed E-state index contributed by atoms with van der Waals surface area (Å²) in [7, 11) is 0. The van der Waals surface area contributed by atoms with Crippen LogP contribution in [0.1, 0.15) is 50.7 Å². The maximum atomic E-state index is 11.1. The van der Waals surface area contributed by atoms with Crippen molar-refractivity contribution >= 4 is 18.5 Å². The average molecular weight is 251 g/mol. The van der Waals surface area contributed by atoms with Gasteiger partial charge in [-0.2, -0.15) is 0 Å². The van der Waals surface area contributed by atoms with E-state index < -0.39 is 0 Å². The average Bonchev–Trinajstić information content (AvgIpc) is 2.34. The van der Waals surface area contributed by atoms with E-state index in [1.54, 1.807) is 0 Å². The molecule has 0 fully saturated rings. The van der Waals surface area contributed by atoms with Crippen molar-refractivity contribution in [1.82, 2.24) is 0 Å². The summed E-state index contributed by atoms with van der Waals surface area (Å²) in [5.74, 6) is 0. The molecule has 1 aromatic carbocycles. The van der Waals surface area contributed by atoms with Gasteiger partial charge in [-0.1, -0.05) is 36.9 Å². The van der Waals surface area contributed by atoms with Crippen LogP contribution in [0.25, 0.3) is 0 Å². The molecule has 0 N–H and O–H groups in total. The van der Waals surface area contributed by atoms with Gasteiger partial charge in [0.15, 0.2) is 0 Å². The standard InChI is InChI=1S/C14H21NOS/c1-3-5-7-12-9-10-14(15(16)17)11-13(12)8-6-4-2/h9-11H,3-8H2,1-2H3. The Morgan fingerprint density at radius 1 is 1.06 bits per heavy atom. The number of rotatable bonds is 7. The molecular formula is C14H21NOS. The number of aryl methyl sites for hydroxylation is 2. The van der Waals surface area contributed by atoms with Crippen LogP contribution in [0.15, 0.2) is 18.2 Å². The Balaban J connectivity index is 2.90. The van der Waals surface area contributed by atoms with Crippen LogP contribution in [0.3, 0.4) is 0 Å². The molecule has 0 aliphatic carbocycles. The first kappa shape index (κ1) is 14.1. The van der Waals surface area contributed by atoms with Crippen molar-refractivity contribution < 1.29 is 4.17 Å². The van der Waals surface area contributed by atoms with E-state index in [0.29, 0.717) is 9.85 Å². The van der Waals surface area contributed by atoms with Crippen molar-refractivity contribution in [3.05, 3.63) is 34.2 Å². The van der Waals surface area contributed by atoms with E-state index in [0.717, 1.165) is 12.8 Å².